The molecule has 0 saturated heterocycles. The number of nitrogens with zero attached hydrogens (tertiary/aromatic N) is 1. The van der Waals surface area contributed by atoms with Crippen molar-refractivity contribution in [3.8, 4) is 5.75 Å². The minimum absolute atomic E-state index is 0.0829. The summed E-state index contributed by atoms with van der Waals surface area (Å²) in [6.45, 7) is 3.70. The van der Waals surface area contributed by atoms with Gasteiger partial charge in [0, 0.05) is 29.1 Å². The molecule has 0 atom stereocenters. The number of halogens is 1. The number of ether oxygens (including phenoxy) is 1. The van der Waals surface area contributed by atoms with Gasteiger partial charge in [0.05, 0.1) is 12.6 Å². The van der Waals surface area contributed by atoms with E-state index >= 15 is 0 Å². The number of hydrogen-bond donors (Lipinski definition) is 0. The number of rotatable bonds is 4. The Hall–Kier alpha value is -2.95. The maximum absolute atomic E-state index is 14.2. The molecule has 0 aliphatic rings. The Balaban J connectivity index is 2.28. The zero-order chi connectivity index (χ0) is 18.1. The van der Waals surface area contributed by atoms with Crippen molar-refractivity contribution < 1.29 is 18.7 Å². The molecule has 0 aliphatic carbocycles. The summed E-state index contributed by atoms with van der Waals surface area (Å²) in [5, 5.41) is 0.642. The van der Waals surface area contributed by atoms with Crippen LogP contribution in [0.4, 0.5) is 4.39 Å². The van der Waals surface area contributed by atoms with Gasteiger partial charge in [-0.1, -0.05) is 17.7 Å². The Labute approximate surface area is 144 Å². The van der Waals surface area contributed by atoms with Gasteiger partial charge in [0.1, 0.15) is 6.29 Å². The monoisotopic (exact) mass is 339 g/mol. The Kier molecular flexibility index (Phi) is 4.40. The van der Waals surface area contributed by atoms with Crippen molar-refractivity contribution in [2.24, 2.45) is 0 Å². The molecule has 1 heterocycles. The highest BCUT2D eigenvalue weighted by molar-refractivity contribution is 6.04. The Morgan fingerprint density at radius 3 is 2.48 bits per heavy atom. The highest BCUT2D eigenvalue weighted by Gasteiger charge is 2.21. The van der Waals surface area contributed by atoms with E-state index in [9.17, 15) is 14.0 Å². The third-order valence-electron chi connectivity index (χ3n) is 4.40. The summed E-state index contributed by atoms with van der Waals surface area (Å²) in [5.74, 6) is -0.730. The van der Waals surface area contributed by atoms with Gasteiger partial charge in [-0.2, -0.15) is 0 Å². The van der Waals surface area contributed by atoms with Crippen molar-refractivity contribution in [1.29, 1.82) is 0 Å². The lowest BCUT2D eigenvalue weighted by atomic mass is 10.1. The van der Waals surface area contributed by atoms with Crippen molar-refractivity contribution in [1.82, 2.24) is 4.57 Å². The van der Waals surface area contributed by atoms with Crippen molar-refractivity contribution in [3.05, 3.63) is 64.6 Å². The first-order valence-corrected chi connectivity index (χ1v) is 7.90. The molecule has 5 heteroatoms. The molecular formula is C20H18FNO3. The van der Waals surface area contributed by atoms with E-state index in [-0.39, 0.29) is 18.1 Å². The minimum atomic E-state index is -0.553. The number of aromatic nitrogens is 1. The molecule has 25 heavy (non-hydrogen) atoms. The first-order valence-electron chi connectivity index (χ1n) is 7.90. The topological polar surface area (TPSA) is 48.3 Å². The fraction of sp³-hybridized carbons (Fsp3) is 0.200. The van der Waals surface area contributed by atoms with Gasteiger partial charge in [-0.3, -0.25) is 9.36 Å². The van der Waals surface area contributed by atoms with Gasteiger partial charge >= 0.3 is 0 Å². The standard InChI is InChI=1S/C20H18FNO3/c1-12-4-6-14(7-5-12)20(24)22-13(2)15(8-9-23)16-10-19(25-3)17(21)11-18(16)22/h4-7,9-11H,8H2,1-3H3. The molecule has 4 nitrogen and oxygen atoms in total. The summed E-state index contributed by atoms with van der Waals surface area (Å²) < 4.78 is 20.7. The molecular weight excluding hydrogens is 321 g/mol. The van der Waals surface area contributed by atoms with E-state index in [4.69, 9.17) is 4.74 Å². The fourth-order valence-corrected chi connectivity index (χ4v) is 3.06. The van der Waals surface area contributed by atoms with Gasteiger partial charge in [-0.15, -0.1) is 0 Å². The number of fused-ring (bicyclic) bond motifs is 1. The van der Waals surface area contributed by atoms with Crippen LogP contribution in [0.1, 0.15) is 27.2 Å². The smallest absolute Gasteiger partial charge is 0.262 e. The predicted octanol–water partition coefficient (Wildman–Crippen LogP) is 3.84. The first kappa shape index (κ1) is 16.9. The lowest BCUT2D eigenvalue weighted by Gasteiger charge is -2.08. The second-order valence-electron chi connectivity index (χ2n) is 5.95. The highest BCUT2D eigenvalue weighted by Crippen LogP contribution is 2.32. The van der Waals surface area contributed by atoms with Gasteiger partial charge in [0.2, 0.25) is 0 Å². The SMILES string of the molecule is COc1cc2c(CC=O)c(C)n(C(=O)c3ccc(C)cc3)c2cc1F. The zero-order valence-corrected chi connectivity index (χ0v) is 14.3. The average Bonchev–Trinajstić information content (AvgIpc) is 2.86. The number of carbonyl (C=O) groups is 2. The number of carbonyl (C=O) groups excluding carboxylic acids is 2. The van der Waals surface area contributed by atoms with Crippen LogP contribution in [-0.4, -0.2) is 23.9 Å². The van der Waals surface area contributed by atoms with Crippen LogP contribution in [0.5, 0.6) is 5.75 Å². The summed E-state index contributed by atoms with van der Waals surface area (Å²) in [7, 11) is 1.38. The average molecular weight is 339 g/mol. The molecule has 0 saturated carbocycles. The molecule has 0 bridgehead atoms. The van der Waals surface area contributed by atoms with Crippen LogP contribution in [0.3, 0.4) is 0 Å². The van der Waals surface area contributed by atoms with Crippen LogP contribution in [0.2, 0.25) is 0 Å². The summed E-state index contributed by atoms with van der Waals surface area (Å²) >= 11 is 0. The lowest BCUT2D eigenvalue weighted by Crippen LogP contribution is -2.14. The predicted molar refractivity (Wildman–Crippen MR) is 93.9 cm³/mol. The summed E-state index contributed by atoms with van der Waals surface area (Å²) in [6.07, 6.45) is 0.920. The molecule has 2 aromatic carbocycles. The van der Waals surface area contributed by atoms with Crippen LogP contribution < -0.4 is 4.74 Å². The van der Waals surface area contributed by atoms with Crippen molar-refractivity contribution >= 4 is 23.1 Å². The van der Waals surface area contributed by atoms with E-state index in [2.05, 4.69) is 0 Å². The van der Waals surface area contributed by atoms with E-state index in [0.29, 0.717) is 27.7 Å². The van der Waals surface area contributed by atoms with Crippen LogP contribution in [0.25, 0.3) is 10.9 Å². The number of aryl methyl sites for hydroxylation is 1. The zero-order valence-electron chi connectivity index (χ0n) is 14.3. The number of methoxy groups -OCH3 is 1. The van der Waals surface area contributed by atoms with Gasteiger partial charge in [0.15, 0.2) is 11.6 Å². The van der Waals surface area contributed by atoms with Crippen LogP contribution in [0, 0.1) is 19.7 Å². The van der Waals surface area contributed by atoms with Crippen LogP contribution >= 0.6 is 0 Å². The Morgan fingerprint density at radius 2 is 1.88 bits per heavy atom. The lowest BCUT2D eigenvalue weighted by molar-refractivity contribution is -0.107. The molecule has 3 rings (SSSR count). The van der Waals surface area contributed by atoms with Crippen LogP contribution in [-0.2, 0) is 11.2 Å². The molecule has 0 unspecified atom stereocenters. The molecule has 0 spiro atoms. The first-order chi connectivity index (χ1) is 12.0. The summed E-state index contributed by atoms with van der Waals surface area (Å²) in [5.41, 5.74) is 3.30. The molecule has 0 amide bonds. The number of benzene rings is 2. The Bertz CT molecular complexity index is 971. The second kappa shape index (κ2) is 6.51. The van der Waals surface area contributed by atoms with Crippen molar-refractivity contribution in [2.75, 3.05) is 7.11 Å². The van der Waals surface area contributed by atoms with Crippen molar-refractivity contribution in [2.45, 2.75) is 20.3 Å². The van der Waals surface area contributed by atoms with Crippen molar-refractivity contribution in [3.63, 3.8) is 0 Å². The molecule has 3 aromatic rings. The largest absolute Gasteiger partial charge is 0.494 e. The van der Waals surface area contributed by atoms with Gasteiger partial charge < -0.3 is 9.53 Å². The molecule has 1 aromatic heterocycles. The number of aldehydes is 1. The quantitative estimate of drug-likeness (QED) is 0.679. The maximum Gasteiger partial charge on any atom is 0.262 e. The molecule has 128 valence electrons. The van der Waals surface area contributed by atoms with E-state index in [1.807, 2.05) is 19.1 Å². The maximum atomic E-state index is 14.2. The molecule has 0 N–H and O–H groups in total. The normalized spacial score (nSPS) is 10.9. The van der Waals surface area contributed by atoms with Gasteiger partial charge in [-0.25, -0.2) is 4.39 Å². The minimum Gasteiger partial charge on any atom is -0.494 e. The number of hydrogen-bond acceptors (Lipinski definition) is 3. The molecule has 0 radical (unpaired) electrons. The van der Waals surface area contributed by atoms with E-state index in [1.165, 1.54) is 23.8 Å². The highest BCUT2D eigenvalue weighted by atomic mass is 19.1. The second-order valence-corrected chi connectivity index (χ2v) is 5.95. The van der Waals surface area contributed by atoms with E-state index < -0.39 is 5.82 Å². The van der Waals surface area contributed by atoms with Crippen LogP contribution in [0.15, 0.2) is 36.4 Å². The third-order valence-corrected chi connectivity index (χ3v) is 4.40. The van der Waals surface area contributed by atoms with Gasteiger partial charge in [0.25, 0.3) is 5.91 Å². The Morgan fingerprint density at radius 1 is 1.20 bits per heavy atom. The summed E-state index contributed by atoms with van der Waals surface area (Å²) in [6, 6.07) is 10.00. The summed E-state index contributed by atoms with van der Waals surface area (Å²) in [4.78, 5) is 24.1. The van der Waals surface area contributed by atoms with E-state index in [1.54, 1.807) is 19.1 Å². The molecule has 0 aliphatic heterocycles. The van der Waals surface area contributed by atoms with E-state index in [0.717, 1.165) is 11.8 Å². The fourth-order valence-electron chi connectivity index (χ4n) is 3.06. The molecule has 0 fully saturated rings. The third kappa shape index (κ3) is 2.82. The van der Waals surface area contributed by atoms with Gasteiger partial charge in [-0.05, 0) is 37.6 Å².